The maximum atomic E-state index is 13.3. The summed E-state index contributed by atoms with van der Waals surface area (Å²) in [4.78, 5) is 20.7. The van der Waals surface area contributed by atoms with E-state index in [9.17, 15) is 4.79 Å². The Balaban J connectivity index is 1.46. The highest BCUT2D eigenvalue weighted by molar-refractivity contribution is 7.17. The van der Waals surface area contributed by atoms with Gasteiger partial charge in [0.15, 0.2) is 0 Å². The second-order valence-corrected chi connectivity index (χ2v) is 9.80. The van der Waals surface area contributed by atoms with Gasteiger partial charge in [-0.2, -0.15) is 0 Å². The van der Waals surface area contributed by atoms with Crippen molar-refractivity contribution in [1.82, 2.24) is 14.5 Å². The van der Waals surface area contributed by atoms with Crippen LogP contribution >= 0.6 is 11.3 Å². The Kier molecular flexibility index (Phi) is 6.00. The minimum atomic E-state index is 0.110. The molecule has 1 aromatic carbocycles. The lowest BCUT2D eigenvalue weighted by molar-refractivity contribution is 0.220. The summed E-state index contributed by atoms with van der Waals surface area (Å²) >= 11 is 1.51. The van der Waals surface area contributed by atoms with E-state index in [0.29, 0.717) is 12.5 Å². The fourth-order valence-corrected chi connectivity index (χ4v) is 5.91. The predicted octanol–water partition coefficient (Wildman–Crippen LogP) is 5.66. The molecule has 1 saturated carbocycles. The van der Waals surface area contributed by atoms with Crippen molar-refractivity contribution in [2.75, 3.05) is 19.6 Å². The fraction of sp³-hybridized carbons (Fsp3) is 0.520. The molecule has 3 heterocycles. The van der Waals surface area contributed by atoms with Crippen molar-refractivity contribution in [2.45, 2.75) is 63.8 Å². The molecule has 3 aromatic rings. The van der Waals surface area contributed by atoms with Crippen LogP contribution in [0.4, 0.5) is 0 Å². The Hall–Kier alpha value is -1.98. The van der Waals surface area contributed by atoms with Crippen molar-refractivity contribution in [1.29, 1.82) is 0 Å². The fourth-order valence-electron chi connectivity index (χ4n) is 5.14. The highest BCUT2D eigenvalue weighted by Crippen LogP contribution is 2.33. The van der Waals surface area contributed by atoms with Crippen molar-refractivity contribution in [2.24, 2.45) is 0 Å². The van der Waals surface area contributed by atoms with E-state index in [1.54, 1.807) is 0 Å². The third-order valence-corrected chi connectivity index (χ3v) is 7.79. The van der Waals surface area contributed by atoms with Crippen LogP contribution in [0.15, 0.2) is 40.5 Å². The molecule has 0 amide bonds. The molecule has 1 saturated heterocycles. The van der Waals surface area contributed by atoms with Crippen LogP contribution in [0.5, 0.6) is 0 Å². The Morgan fingerprint density at radius 2 is 1.63 bits per heavy atom. The number of rotatable bonds is 5. The lowest BCUT2D eigenvalue weighted by atomic mass is 9.84. The monoisotopic (exact) mass is 421 g/mol. The Labute approximate surface area is 182 Å². The molecular weight excluding hydrogens is 390 g/mol. The molecule has 0 bridgehead atoms. The largest absolute Gasteiger partial charge is 0.302 e. The second kappa shape index (κ2) is 9.03. The minimum absolute atomic E-state index is 0.110. The van der Waals surface area contributed by atoms with Gasteiger partial charge in [0, 0.05) is 18.7 Å². The summed E-state index contributed by atoms with van der Waals surface area (Å²) in [6, 6.07) is 10.9. The van der Waals surface area contributed by atoms with Crippen LogP contribution < -0.4 is 5.56 Å². The number of fused-ring (bicyclic) bond motifs is 1. The van der Waals surface area contributed by atoms with Crippen LogP contribution in [0, 0.1) is 0 Å². The summed E-state index contributed by atoms with van der Waals surface area (Å²) in [6.07, 6.45) is 10.6. The van der Waals surface area contributed by atoms with Crippen molar-refractivity contribution >= 4 is 21.6 Å². The highest BCUT2D eigenvalue weighted by Gasteiger charge is 2.18. The van der Waals surface area contributed by atoms with E-state index in [1.165, 1.54) is 68.3 Å². The number of thiophene rings is 1. The normalized spacial score (nSPS) is 18.8. The number of likely N-dealkylation sites (tertiary alicyclic amines) is 1. The smallest absolute Gasteiger partial charge is 0.271 e. The van der Waals surface area contributed by atoms with E-state index >= 15 is 0 Å². The number of nitrogens with zero attached hydrogens (tertiary/aromatic N) is 3. The highest BCUT2D eigenvalue weighted by atomic mass is 32.1. The van der Waals surface area contributed by atoms with Gasteiger partial charge >= 0.3 is 0 Å². The first-order chi connectivity index (χ1) is 14.8. The average molecular weight is 422 g/mol. The number of hydrogen-bond donors (Lipinski definition) is 0. The first-order valence-electron chi connectivity index (χ1n) is 11.6. The quantitative estimate of drug-likeness (QED) is 0.534. The molecule has 2 aromatic heterocycles. The van der Waals surface area contributed by atoms with Crippen LogP contribution in [0.3, 0.4) is 0 Å². The molecule has 2 aliphatic rings. The lowest BCUT2D eigenvalue weighted by Gasteiger charge is -2.27. The first kappa shape index (κ1) is 20.0. The van der Waals surface area contributed by atoms with E-state index in [4.69, 9.17) is 4.98 Å². The van der Waals surface area contributed by atoms with Gasteiger partial charge in [-0.1, -0.05) is 49.9 Å². The molecule has 4 nitrogen and oxygen atoms in total. The minimum Gasteiger partial charge on any atom is -0.302 e. The van der Waals surface area contributed by atoms with Crippen LogP contribution in [-0.4, -0.2) is 34.1 Å². The van der Waals surface area contributed by atoms with Gasteiger partial charge in [-0.25, -0.2) is 4.98 Å². The van der Waals surface area contributed by atoms with Gasteiger partial charge < -0.3 is 4.90 Å². The summed E-state index contributed by atoms with van der Waals surface area (Å²) in [7, 11) is 0. The maximum Gasteiger partial charge on any atom is 0.271 e. The second-order valence-electron chi connectivity index (χ2n) is 8.89. The molecule has 1 aliphatic carbocycles. The molecule has 0 radical (unpaired) electrons. The van der Waals surface area contributed by atoms with E-state index in [2.05, 4.69) is 29.2 Å². The molecule has 0 N–H and O–H groups in total. The molecule has 5 rings (SSSR count). The zero-order valence-corrected chi connectivity index (χ0v) is 18.5. The molecular formula is C25H31N3OS. The Morgan fingerprint density at radius 1 is 0.900 bits per heavy atom. The van der Waals surface area contributed by atoms with Gasteiger partial charge in [0.1, 0.15) is 10.5 Å². The molecule has 0 unspecified atom stereocenters. The average Bonchev–Trinajstić information content (AvgIpc) is 3.29. The van der Waals surface area contributed by atoms with Crippen LogP contribution in [-0.2, 0) is 6.54 Å². The molecule has 0 spiro atoms. The van der Waals surface area contributed by atoms with Gasteiger partial charge in [-0.3, -0.25) is 9.36 Å². The van der Waals surface area contributed by atoms with Gasteiger partial charge in [0.25, 0.3) is 5.56 Å². The molecule has 0 atom stereocenters. The van der Waals surface area contributed by atoms with Gasteiger partial charge in [-0.05, 0) is 61.7 Å². The summed E-state index contributed by atoms with van der Waals surface area (Å²) in [5.41, 5.74) is 3.43. The van der Waals surface area contributed by atoms with E-state index in [1.807, 2.05) is 16.0 Å². The van der Waals surface area contributed by atoms with Gasteiger partial charge in [-0.15, -0.1) is 11.3 Å². The molecule has 1 aliphatic heterocycles. The number of hydrogen-bond acceptors (Lipinski definition) is 4. The lowest BCUT2D eigenvalue weighted by Crippen LogP contribution is -2.35. The third-order valence-electron chi connectivity index (χ3n) is 6.90. The number of piperidine rings is 1. The van der Waals surface area contributed by atoms with Crippen molar-refractivity contribution in [3.63, 3.8) is 0 Å². The van der Waals surface area contributed by atoms with Crippen molar-refractivity contribution in [3.8, 4) is 11.4 Å². The Morgan fingerprint density at radius 3 is 2.40 bits per heavy atom. The van der Waals surface area contributed by atoms with E-state index in [0.717, 1.165) is 41.2 Å². The molecule has 2 fully saturated rings. The molecule has 30 heavy (non-hydrogen) atoms. The van der Waals surface area contributed by atoms with E-state index in [-0.39, 0.29) is 5.56 Å². The summed E-state index contributed by atoms with van der Waals surface area (Å²) in [5.74, 6) is 1.51. The zero-order valence-electron chi connectivity index (χ0n) is 17.7. The SMILES string of the molecule is O=c1c2sccc2nc(-c2ccc(C3CCCCC3)cc2)n1CCN1CCCCC1. The number of aromatic nitrogens is 2. The van der Waals surface area contributed by atoms with Crippen LogP contribution in [0.1, 0.15) is 62.8 Å². The zero-order chi connectivity index (χ0) is 20.3. The Bertz CT molecular complexity index is 1040. The molecule has 5 heteroatoms. The van der Waals surface area contributed by atoms with Gasteiger partial charge in [0.2, 0.25) is 0 Å². The maximum absolute atomic E-state index is 13.3. The number of benzene rings is 1. The summed E-state index contributed by atoms with van der Waals surface area (Å²) < 4.78 is 2.69. The molecule has 158 valence electrons. The van der Waals surface area contributed by atoms with Crippen molar-refractivity contribution < 1.29 is 0 Å². The van der Waals surface area contributed by atoms with Crippen LogP contribution in [0.25, 0.3) is 21.6 Å². The van der Waals surface area contributed by atoms with Crippen molar-refractivity contribution in [3.05, 3.63) is 51.6 Å². The predicted molar refractivity (Wildman–Crippen MR) is 125 cm³/mol. The van der Waals surface area contributed by atoms with E-state index < -0.39 is 0 Å². The first-order valence-corrected chi connectivity index (χ1v) is 12.5. The third kappa shape index (κ3) is 4.10. The summed E-state index contributed by atoms with van der Waals surface area (Å²) in [6.45, 7) is 3.93. The summed E-state index contributed by atoms with van der Waals surface area (Å²) in [5, 5.41) is 1.98. The topological polar surface area (TPSA) is 38.1 Å². The van der Waals surface area contributed by atoms with Gasteiger partial charge in [0.05, 0.1) is 5.52 Å². The van der Waals surface area contributed by atoms with Crippen LogP contribution in [0.2, 0.25) is 0 Å². The standard InChI is InChI=1S/C25H31N3OS/c29-25-23-22(13-18-30-23)26-24(28(25)17-16-27-14-5-2-6-15-27)21-11-9-20(10-12-21)19-7-3-1-4-8-19/h9-13,18-19H,1-8,14-17H2.